The Morgan fingerprint density at radius 2 is 1.83 bits per heavy atom. The van der Waals surface area contributed by atoms with Crippen molar-refractivity contribution >= 4 is 28.4 Å². The number of fused-ring (bicyclic) bond motifs is 1. The number of nitrogens with zero attached hydrogens (tertiary/aromatic N) is 7. The summed E-state index contributed by atoms with van der Waals surface area (Å²) in [5.41, 5.74) is 4.34. The van der Waals surface area contributed by atoms with Crippen molar-refractivity contribution in [2.75, 3.05) is 5.32 Å². The highest BCUT2D eigenvalue weighted by Gasteiger charge is 2.19. The van der Waals surface area contributed by atoms with E-state index in [9.17, 15) is 14.9 Å². The topological polar surface area (TPSA) is 134 Å². The van der Waals surface area contributed by atoms with Gasteiger partial charge in [-0.05, 0) is 44.0 Å². The Bertz CT molecular complexity index is 1620. The minimum absolute atomic E-state index is 0.153. The molecule has 0 radical (unpaired) electrons. The number of nitrogens with one attached hydrogen (secondary N) is 1. The molecule has 1 amide bonds. The molecule has 0 saturated heterocycles. The molecule has 11 heteroatoms. The van der Waals surface area contributed by atoms with Crippen LogP contribution in [-0.2, 0) is 0 Å². The van der Waals surface area contributed by atoms with Crippen LogP contribution in [0.4, 0.5) is 11.5 Å². The first-order valence-electron chi connectivity index (χ1n) is 10.7. The summed E-state index contributed by atoms with van der Waals surface area (Å²) >= 11 is 0. The Morgan fingerprint density at radius 1 is 1.03 bits per heavy atom. The molecular weight excluding hydrogens is 448 g/mol. The molecule has 5 aromatic rings. The van der Waals surface area contributed by atoms with Gasteiger partial charge < -0.3 is 5.32 Å². The minimum atomic E-state index is -0.545. The summed E-state index contributed by atoms with van der Waals surface area (Å²) in [6, 6.07) is 13.2. The third kappa shape index (κ3) is 3.88. The highest BCUT2D eigenvalue weighted by molar-refractivity contribution is 6.04. The highest BCUT2D eigenvalue weighted by atomic mass is 16.6. The average molecular weight is 468 g/mol. The molecule has 0 aliphatic carbocycles. The molecule has 35 heavy (non-hydrogen) atoms. The minimum Gasteiger partial charge on any atom is -0.306 e. The first-order valence-corrected chi connectivity index (χ1v) is 10.7. The van der Waals surface area contributed by atoms with Gasteiger partial charge in [-0.2, -0.15) is 14.9 Å². The Labute approximate surface area is 199 Å². The number of non-ortho nitro benzene ring substituents is 1. The van der Waals surface area contributed by atoms with Gasteiger partial charge >= 0.3 is 0 Å². The maximum Gasteiger partial charge on any atom is 0.270 e. The van der Waals surface area contributed by atoms with Crippen molar-refractivity contribution in [3.8, 4) is 11.5 Å². The number of nitro benzene ring substituents is 1. The van der Waals surface area contributed by atoms with Crippen molar-refractivity contribution < 1.29 is 9.72 Å². The molecule has 0 saturated carbocycles. The van der Waals surface area contributed by atoms with E-state index in [1.807, 2.05) is 32.0 Å². The second kappa shape index (κ2) is 8.45. The number of carbonyl (C=O) groups is 1. The van der Waals surface area contributed by atoms with Crippen LogP contribution < -0.4 is 5.32 Å². The standard InChI is InChI=1S/C24H20N8O3/c1-14-6-4-9-20(16(14)3)30-22-19(12-27-30)23(26-13-25-22)31-21(10-15(2)29-31)28-24(33)17-7-5-8-18(11-17)32(34)35/h4-13H,1-3H3,(H,28,33). The van der Waals surface area contributed by atoms with Crippen LogP contribution in [0.25, 0.3) is 22.5 Å². The van der Waals surface area contributed by atoms with Gasteiger partial charge in [-0.15, -0.1) is 0 Å². The number of hydrogen-bond donors (Lipinski definition) is 1. The van der Waals surface area contributed by atoms with Gasteiger partial charge in [0.25, 0.3) is 11.6 Å². The molecule has 0 fully saturated rings. The maximum absolute atomic E-state index is 12.9. The van der Waals surface area contributed by atoms with Gasteiger partial charge in [0.15, 0.2) is 11.5 Å². The number of rotatable bonds is 5. The average Bonchev–Trinajstić information content (AvgIpc) is 3.44. The van der Waals surface area contributed by atoms with Gasteiger partial charge in [-0.3, -0.25) is 14.9 Å². The molecule has 2 aromatic carbocycles. The zero-order chi connectivity index (χ0) is 24.7. The lowest BCUT2D eigenvalue weighted by molar-refractivity contribution is -0.384. The van der Waals surface area contributed by atoms with Crippen molar-refractivity contribution in [1.82, 2.24) is 29.5 Å². The van der Waals surface area contributed by atoms with Crippen LogP contribution in [0, 0.1) is 30.9 Å². The van der Waals surface area contributed by atoms with Gasteiger partial charge in [0.1, 0.15) is 12.1 Å². The normalized spacial score (nSPS) is 11.1. The van der Waals surface area contributed by atoms with Gasteiger partial charge in [0.05, 0.1) is 27.9 Å². The van der Waals surface area contributed by atoms with Crippen molar-refractivity contribution in [2.45, 2.75) is 20.8 Å². The number of anilines is 1. The summed E-state index contributed by atoms with van der Waals surface area (Å²) < 4.78 is 3.25. The fourth-order valence-corrected chi connectivity index (χ4v) is 3.84. The van der Waals surface area contributed by atoms with Crippen LogP contribution >= 0.6 is 0 Å². The zero-order valence-corrected chi connectivity index (χ0v) is 19.1. The second-order valence-electron chi connectivity index (χ2n) is 8.05. The molecule has 3 heterocycles. The molecule has 0 spiro atoms. The van der Waals surface area contributed by atoms with E-state index in [1.54, 1.807) is 23.9 Å². The van der Waals surface area contributed by atoms with Crippen LogP contribution in [0.2, 0.25) is 0 Å². The van der Waals surface area contributed by atoms with Crippen molar-refractivity contribution in [3.63, 3.8) is 0 Å². The van der Waals surface area contributed by atoms with Crippen LogP contribution in [0.3, 0.4) is 0 Å². The molecule has 3 aromatic heterocycles. The first kappa shape index (κ1) is 21.9. The Kier molecular flexibility index (Phi) is 5.28. The zero-order valence-electron chi connectivity index (χ0n) is 19.1. The Hall–Kier alpha value is -4.93. The summed E-state index contributed by atoms with van der Waals surface area (Å²) in [6.07, 6.45) is 3.08. The van der Waals surface area contributed by atoms with E-state index in [-0.39, 0.29) is 11.3 Å². The predicted octanol–water partition coefficient (Wildman–Crippen LogP) is 4.09. The van der Waals surface area contributed by atoms with E-state index in [0.29, 0.717) is 28.4 Å². The smallest absolute Gasteiger partial charge is 0.270 e. The summed E-state index contributed by atoms with van der Waals surface area (Å²) in [5.74, 6) is 0.290. The first-order chi connectivity index (χ1) is 16.8. The van der Waals surface area contributed by atoms with E-state index < -0.39 is 10.8 Å². The lowest BCUT2D eigenvalue weighted by Gasteiger charge is -2.10. The molecule has 5 rings (SSSR count). The van der Waals surface area contributed by atoms with Gasteiger partial charge in [0, 0.05) is 23.8 Å². The molecule has 0 aliphatic heterocycles. The molecule has 0 atom stereocenters. The second-order valence-corrected chi connectivity index (χ2v) is 8.05. The molecule has 0 unspecified atom stereocenters. The van der Waals surface area contributed by atoms with Crippen molar-refractivity contribution in [2.24, 2.45) is 0 Å². The van der Waals surface area contributed by atoms with Crippen LogP contribution in [-0.4, -0.2) is 40.4 Å². The van der Waals surface area contributed by atoms with Crippen LogP contribution in [0.1, 0.15) is 27.2 Å². The molecule has 0 bridgehead atoms. The van der Waals surface area contributed by atoms with Gasteiger partial charge in [-0.25, -0.2) is 14.6 Å². The third-order valence-corrected chi connectivity index (χ3v) is 5.74. The summed E-state index contributed by atoms with van der Waals surface area (Å²) in [5, 5.41) is 23.6. The quantitative estimate of drug-likeness (QED) is 0.303. The molecule has 11 nitrogen and oxygen atoms in total. The van der Waals surface area contributed by atoms with E-state index in [1.165, 1.54) is 35.3 Å². The SMILES string of the molecule is Cc1cc(NC(=O)c2cccc([N+](=O)[O-])c2)n(-c2ncnc3c2cnn3-c2cccc(C)c2C)n1. The number of carbonyl (C=O) groups excluding carboxylic acids is 1. The summed E-state index contributed by atoms with van der Waals surface area (Å²) in [7, 11) is 0. The number of benzene rings is 2. The van der Waals surface area contributed by atoms with E-state index >= 15 is 0 Å². The van der Waals surface area contributed by atoms with Crippen molar-refractivity contribution in [3.05, 3.63) is 93.6 Å². The summed E-state index contributed by atoms with van der Waals surface area (Å²) in [4.78, 5) is 32.3. The number of aromatic nitrogens is 6. The number of amides is 1. The summed E-state index contributed by atoms with van der Waals surface area (Å²) in [6.45, 7) is 5.85. The molecule has 1 N–H and O–H groups in total. The molecular formula is C24H20N8O3. The third-order valence-electron chi connectivity index (χ3n) is 5.74. The fourth-order valence-electron chi connectivity index (χ4n) is 3.84. The Balaban J connectivity index is 1.56. The highest BCUT2D eigenvalue weighted by Crippen LogP contribution is 2.26. The fraction of sp³-hybridized carbons (Fsp3) is 0.125. The van der Waals surface area contributed by atoms with Gasteiger partial charge in [-0.1, -0.05) is 18.2 Å². The van der Waals surface area contributed by atoms with Crippen LogP contribution in [0.5, 0.6) is 0 Å². The Morgan fingerprint density at radius 3 is 2.63 bits per heavy atom. The van der Waals surface area contributed by atoms with Crippen LogP contribution in [0.15, 0.2) is 61.1 Å². The van der Waals surface area contributed by atoms with Crippen molar-refractivity contribution in [1.29, 1.82) is 0 Å². The maximum atomic E-state index is 12.9. The number of hydrogen-bond acceptors (Lipinski definition) is 7. The number of aryl methyl sites for hydroxylation is 2. The van der Waals surface area contributed by atoms with E-state index in [0.717, 1.165) is 16.8 Å². The monoisotopic (exact) mass is 468 g/mol. The van der Waals surface area contributed by atoms with E-state index in [4.69, 9.17) is 0 Å². The lowest BCUT2D eigenvalue weighted by Crippen LogP contribution is -2.16. The number of nitro groups is 1. The largest absolute Gasteiger partial charge is 0.306 e. The molecule has 174 valence electrons. The van der Waals surface area contributed by atoms with Gasteiger partial charge in [0.2, 0.25) is 0 Å². The van der Waals surface area contributed by atoms with E-state index in [2.05, 4.69) is 25.5 Å². The lowest BCUT2D eigenvalue weighted by atomic mass is 10.1. The molecule has 0 aliphatic rings. The predicted molar refractivity (Wildman–Crippen MR) is 129 cm³/mol.